The SMILES string of the molecule is CCN1C2=C(C(=O)CCC2)C(c2cc(Br)c(OCC(=O)Nc3ccc(C)c(C)c3)c(Br)c2)C2=C1CCCC2=O. The van der Waals surface area contributed by atoms with Crippen molar-refractivity contribution >= 4 is 55.0 Å². The number of rotatable bonds is 6. The van der Waals surface area contributed by atoms with Gasteiger partial charge in [0.25, 0.3) is 5.91 Å². The highest BCUT2D eigenvalue weighted by Crippen LogP contribution is 2.50. The summed E-state index contributed by atoms with van der Waals surface area (Å²) in [7, 11) is 0. The Kier molecular flexibility index (Phi) is 8.15. The average Bonchev–Trinajstić information content (AvgIpc) is 2.89. The van der Waals surface area contributed by atoms with Crippen molar-refractivity contribution in [3.05, 3.63) is 78.5 Å². The van der Waals surface area contributed by atoms with Gasteiger partial charge in [-0.25, -0.2) is 0 Å². The Morgan fingerprint density at radius 1 is 0.923 bits per heavy atom. The molecule has 0 radical (unpaired) electrons. The van der Waals surface area contributed by atoms with E-state index < -0.39 is 5.92 Å². The van der Waals surface area contributed by atoms with Crippen molar-refractivity contribution in [1.29, 1.82) is 0 Å². The molecule has 0 aromatic heterocycles. The van der Waals surface area contributed by atoms with Gasteiger partial charge in [0.05, 0.1) is 8.95 Å². The zero-order valence-corrected chi connectivity index (χ0v) is 25.6. The Morgan fingerprint density at radius 3 is 2.05 bits per heavy atom. The number of amides is 1. The number of Topliss-reactive ketones (excluding diaryl/α,β-unsaturated/α-hetero) is 2. The van der Waals surface area contributed by atoms with E-state index in [0.717, 1.165) is 77.1 Å². The Balaban J connectivity index is 1.45. The summed E-state index contributed by atoms with van der Waals surface area (Å²) in [6.07, 6.45) is 4.36. The standard InChI is InChI=1S/C31H32Br2N2O4/c1-4-35-23-7-5-9-25(36)29(23)28(30-24(35)8-6-10-26(30)37)19-14-21(32)31(22(33)15-19)39-16-27(38)34-20-12-11-17(2)18(3)13-20/h11-15,28H,4-10,16H2,1-3H3,(H,34,38). The quantitative estimate of drug-likeness (QED) is 0.354. The minimum absolute atomic E-state index is 0.125. The summed E-state index contributed by atoms with van der Waals surface area (Å²) in [5.74, 6) is 0.0835. The van der Waals surface area contributed by atoms with E-state index >= 15 is 0 Å². The lowest BCUT2D eigenvalue weighted by molar-refractivity contribution is -0.118. The maximum Gasteiger partial charge on any atom is 0.262 e. The van der Waals surface area contributed by atoms with Gasteiger partial charge in [-0.3, -0.25) is 14.4 Å². The summed E-state index contributed by atoms with van der Waals surface area (Å²) >= 11 is 7.26. The Bertz CT molecular complexity index is 1380. The van der Waals surface area contributed by atoms with Gasteiger partial charge < -0.3 is 15.0 Å². The monoisotopic (exact) mass is 654 g/mol. The van der Waals surface area contributed by atoms with Crippen LogP contribution in [0.1, 0.15) is 68.1 Å². The molecule has 0 atom stereocenters. The number of ketones is 2. The molecule has 1 N–H and O–H groups in total. The smallest absolute Gasteiger partial charge is 0.262 e. The first kappa shape index (κ1) is 27.8. The van der Waals surface area contributed by atoms with Crippen LogP contribution in [0.3, 0.4) is 0 Å². The summed E-state index contributed by atoms with van der Waals surface area (Å²) in [5, 5.41) is 2.88. The molecule has 2 aliphatic carbocycles. The number of nitrogens with one attached hydrogen (secondary N) is 1. The van der Waals surface area contributed by atoms with Crippen molar-refractivity contribution < 1.29 is 19.1 Å². The number of carbonyl (C=O) groups excluding carboxylic acids is 3. The molecule has 0 fully saturated rings. The van der Waals surface area contributed by atoms with E-state index in [9.17, 15) is 14.4 Å². The van der Waals surface area contributed by atoms with Crippen molar-refractivity contribution in [1.82, 2.24) is 4.90 Å². The van der Waals surface area contributed by atoms with E-state index in [1.165, 1.54) is 0 Å². The highest BCUT2D eigenvalue weighted by atomic mass is 79.9. The maximum absolute atomic E-state index is 13.3. The number of ether oxygens (including phenoxy) is 1. The lowest BCUT2D eigenvalue weighted by Crippen LogP contribution is -2.39. The minimum Gasteiger partial charge on any atom is -0.481 e. The highest BCUT2D eigenvalue weighted by Gasteiger charge is 2.43. The first-order valence-corrected chi connectivity index (χ1v) is 15.1. The van der Waals surface area contributed by atoms with Gasteiger partial charge >= 0.3 is 0 Å². The van der Waals surface area contributed by atoms with Gasteiger partial charge in [-0.1, -0.05) is 6.07 Å². The highest BCUT2D eigenvalue weighted by molar-refractivity contribution is 9.11. The van der Waals surface area contributed by atoms with Crippen molar-refractivity contribution in [2.24, 2.45) is 0 Å². The molecule has 6 nitrogen and oxygen atoms in total. The molecule has 8 heteroatoms. The zero-order valence-electron chi connectivity index (χ0n) is 22.5. The molecule has 3 aliphatic rings. The molecular weight excluding hydrogens is 624 g/mol. The van der Waals surface area contributed by atoms with Gasteiger partial charge in [0.2, 0.25) is 0 Å². The van der Waals surface area contributed by atoms with Crippen LogP contribution in [0.5, 0.6) is 5.75 Å². The number of carbonyl (C=O) groups is 3. The molecule has 5 rings (SSSR count). The summed E-state index contributed by atoms with van der Waals surface area (Å²) in [6, 6.07) is 9.62. The molecule has 0 bridgehead atoms. The van der Waals surface area contributed by atoms with Crippen LogP contribution in [0.4, 0.5) is 5.69 Å². The summed E-state index contributed by atoms with van der Waals surface area (Å²) in [4.78, 5) is 41.5. The topological polar surface area (TPSA) is 75.7 Å². The predicted octanol–water partition coefficient (Wildman–Crippen LogP) is 7.28. The van der Waals surface area contributed by atoms with E-state index in [1.54, 1.807) is 0 Å². The maximum atomic E-state index is 13.3. The second kappa shape index (κ2) is 11.4. The Hall–Kier alpha value is -2.71. The largest absolute Gasteiger partial charge is 0.481 e. The molecule has 0 spiro atoms. The number of hydrogen-bond donors (Lipinski definition) is 1. The number of halogens is 2. The fourth-order valence-electron chi connectivity index (χ4n) is 5.97. The average molecular weight is 656 g/mol. The molecule has 2 aromatic rings. The van der Waals surface area contributed by atoms with Crippen molar-refractivity contribution in [2.45, 2.75) is 65.2 Å². The second-order valence-electron chi connectivity index (χ2n) is 10.4. The predicted molar refractivity (Wildman–Crippen MR) is 159 cm³/mol. The van der Waals surface area contributed by atoms with Gasteiger partial charge in [0.1, 0.15) is 5.75 Å². The van der Waals surface area contributed by atoms with E-state index in [-0.39, 0.29) is 24.1 Å². The van der Waals surface area contributed by atoms with Crippen molar-refractivity contribution in [3.63, 3.8) is 0 Å². The minimum atomic E-state index is -0.395. The number of hydrogen-bond acceptors (Lipinski definition) is 5. The zero-order chi connectivity index (χ0) is 27.8. The number of anilines is 1. The van der Waals surface area contributed by atoms with Crippen LogP contribution in [0.25, 0.3) is 0 Å². The number of nitrogens with zero attached hydrogens (tertiary/aromatic N) is 1. The second-order valence-corrected chi connectivity index (χ2v) is 12.1. The van der Waals surface area contributed by atoms with Crippen molar-refractivity contribution in [3.8, 4) is 5.75 Å². The fraction of sp³-hybridized carbons (Fsp3) is 0.387. The van der Waals surface area contributed by atoms with Crippen LogP contribution in [-0.2, 0) is 14.4 Å². The van der Waals surface area contributed by atoms with Crippen LogP contribution < -0.4 is 10.1 Å². The first-order chi connectivity index (χ1) is 18.7. The fourth-order valence-corrected chi connectivity index (χ4v) is 7.42. The summed E-state index contributed by atoms with van der Waals surface area (Å²) in [6.45, 7) is 6.69. The van der Waals surface area contributed by atoms with Gasteiger partial charge in [-0.15, -0.1) is 0 Å². The third-order valence-corrected chi connectivity index (χ3v) is 9.07. The first-order valence-electron chi connectivity index (χ1n) is 13.5. The molecule has 1 aliphatic heterocycles. The van der Waals surface area contributed by atoms with Crippen LogP contribution in [-0.4, -0.2) is 35.5 Å². The molecule has 204 valence electrons. The molecular formula is C31H32Br2N2O4. The Labute approximate surface area is 246 Å². The van der Waals surface area contributed by atoms with Gasteiger partial charge in [0.15, 0.2) is 18.2 Å². The van der Waals surface area contributed by atoms with Crippen LogP contribution in [0.2, 0.25) is 0 Å². The third-order valence-electron chi connectivity index (χ3n) is 7.89. The normalized spacial score (nSPS) is 17.8. The van der Waals surface area contributed by atoms with Crippen LogP contribution in [0.15, 0.2) is 61.8 Å². The van der Waals surface area contributed by atoms with E-state index in [0.29, 0.717) is 27.5 Å². The van der Waals surface area contributed by atoms with E-state index in [4.69, 9.17) is 4.74 Å². The third kappa shape index (κ3) is 5.38. The van der Waals surface area contributed by atoms with E-state index in [2.05, 4.69) is 49.0 Å². The Morgan fingerprint density at radius 2 is 1.51 bits per heavy atom. The molecule has 1 heterocycles. The molecule has 2 aromatic carbocycles. The number of aryl methyl sites for hydroxylation is 2. The molecule has 0 unspecified atom stereocenters. The lowest BCUT2D eigenvalue weighted by atomic mass is 9.71. The lowest BCUT2D eigenvalue weighted by Gasteiger charge is -2.43. The molecule has 0 saturated heterocycles. The molecule has 1 amide bonds. The van der Waals surface area contributed by atoms with E-state index in [1.807, 2.05) is 44.2 Å². The van der Waals surface area contributed by atoms with Gasteiger partial charge in [0, 0.05) is 53.5 Å². The number of benzene rings is 2. The van der Waals surface area contributed by atoms with Gasteiger partial charge in [-0.2, -0.15) is 0 Å². The molecule has 0 saturated carbocycles. The number of allylic oxidation sites excluding steroid dienone is 4. The molecule has 39 heavy (non-hydrogen) atoms. The van der Waals surface area contributed by atoms with Crippen LogP contribution >= 0.6 is 31.9 Å². The summed E-state index contributed by atoms with van der Waals surface area (Å²) in [5.41, 5.74) is 7.51. The van der Waals surface area contributed by atoms with Gasteiger partial charge in [-0.05, 0) is 119 Å². The van der Waals surface area contributed by atoms with Crippen molar-refractivity contribution in [2.75, 3.05) is 18.5 Å². The summed E-state index contributed by atoms with van der Waals surface area (Å²) < 4.78 is 7.22. The van der Waals surface area contributed by atoms with Crippen LogP contribution in [0, 0.1) is 13.8 Å².